The quantitative estimate of drug-likeness (QED) is 0.367. The average Bonchev–Trinajstić information content (AvgIpc) is 3.30. The van der Waals surface area contributed by atoms with Crippen LogP contribution in [0, 0.1) is 12.8 Å². The van der Waals surface area contributed by atoms with Crippen molar-refractivity contribution in [2.24, 2.45) is 5.92 Å². The van der Waals surface area contributed by atoms with E-state index >= 15 is 0 Å². The lowest BCUT2D eigenvalue weighted by molar-refractivity contribution is -0.163. The molecule has 0 saturated heterocycles. The number of carbonyl (C=O) groups excluding carboxylic acids is 1. The minimum absolute atomic E-state index is 0.174. The van der Waals surface area contributed by atoms with Crippen molar-refractivity contribution in [1.82, 2.24) is 15.0 Å². The number of carbonyl (C=O) groups is 1. The maximum atomic E-state index is 12.5. The first-order chi connectivity index (χ1) is 16.9. The van der Waals surface area contributed by atoms with E-state index in [0.717, 1.165) is 27.4 Å². The fraction of sp³-hybridized carbons (Fsp3) is 0.500. The molecule has 1 aliphatic carbocycles. The lowest BCUT2D eigenvalue weighted by atomic mass is 9.79. The number of benzene rings is 1. The Morgan fingerprint density at radius 3 is 2.58 bits per heavy atom. The van der Waals surface area contributed by atoms with Gasteiger partial charge in [-0.05, 0) is 88.6 Å². The summed E-state index contributed by atoms with van der Waals surface area (Å²) in [6.07, 6.45) is 5.77. The fourth-order valence-corrected chi connectivity index (χ4v) is 5.48. The molecule has 4 rings (SSSR count). The standard InChI is InChI=1S/C28H36N4O3S/c1-17(2)22-9-12-29-26(32-22)31-21-14-18(3)13-20(15-21)23-16-30-25(36-23)28(34)10-7-19(8-11-28)24(33)35-27(4,5)6/h9,12-17,19,34H,7-8,10-11H2,1-6H3,(H,29,31,32)/t19-,28+. The van der Waals surface area contributed by atoms with Crippen LogP contribution in [-0.4, -0.2) is 31.6 Å². The number of nitrogens with one attached hydrogen (secondary N) is 1. The van der Waals surface area contributed by atoms with Gasteiger partial charge < -0.3 is 15.2 Å². The molecule has 0 radical (unpaired) electrons. The third-order valence-electron chi connectivity index (χ3n) is 6.34. The summed E-state index contributed by atoms with van der Waals surface area (Å²) in [5, 5.41) is 15.4. The van der Waals surface area contributed by atoms with E-state index in [9.17, 15) is 9.90 Å². The molecule has 1 saturated carbocycles. The number of thiazole rings is 1. The Hall–Kier alpha value is -2.84. The van der Waals surface area contributed by atoms with Crippen LogP contribution in [0.15, 0.2) is 36.7 Å². The molecule has 0 spiro atoms. The molecule has 7 nitrogen and oxygen atoms in total. The molecule has 0 amide bonds. The number of hydrogen-bond acceptors (Lipinski definition) is 8. The highest BCUT2D eigenvalue weighted by Crippen LogP contribution is 2.43. The van der Waals surface area contributed by atoms with Gasteiger partial charge >= 0.3 is 5.97 Å². The molecule has 8 heteroatoms. The Kier molecular flexibility index (Phi) is 7.48. The summed E-state index contributed by atoms with van der Waals surface area (Å²) in [5.41, 5.74) is 2.49. The molecule has 3 aromatic rings. The monoisotopic (exact) mass is 508 g/mol. The van der Waals surface area contributed by atoms with E-state index in [-0.39, 0.29) is 11.9 Å². The Balaban J connectivity index is 1.48. The third-order valence-corrected chi connectivity index (χ3v) is 7.58. The molecular formula is C28H36N4O3S. The zero-order valence-electron chi connectivity index (χ0n) is 22.0. The van der Waals surface area contributed by atoms with E-state index in [0.29, 0.717) is 42.6 Å². The second-order valence-electron chi connectivity index (χ2n) is 11.0. The number of aliphatic hydroxyl groups is 1. The number of aromatic nitrogens is 3. The van der Waals surface area contributed by atoms with Gasteiger partial charge in [-0.2, -0.15) is 0 Å². The number of esters is 1. The Labute approximate surface area is 217 Å². The van der Waals surface area contributed by atoms with Crippen LogP contribution in [0.2, 0.25) is 0 Å². The van der Waals surface area contributed by atoms with Crippen molar-refractivity contribution >= 4 is 28.9 Å². The van der Waals surface area contributed by atoms with E-state index in [2.05, 4.69) is 52.3 Å². The van der Waals surface area contributed by atoms with Crippen molar-refractivity contribution in [3.8, 4) is 10.4 Å². The lowest BCUT2D eigenvalue weighted by Gasteiger charge is -2.34. The molecule has 36 heavy (non-hydrogen) atoms. The number of ether oxygens (including phenoxy) is 1. The predicted octanol–water partition coefficient (Wildman–Crippen LogP) is 6.50. The zero-order valence-corrected chi connectivity index (χ0v) is 22.8. The topological polar surface area (TPSA) is 97.2 Å². The summed E-state index contributed by atoms with van der Waals surface area (Å²) < 4.78 is 5.55. The maximum absolute atomic E-state index is 12.5. The molecule has 2 heterocycles. The summed E-state index contributed by atoms with van der Waals surface area (Å²) in [7, 11) is 0. The number of nitrogens with zero attached hydrogens (tertiary/aromatic N) is 3. The zero-order chi connectivity index (χ0) is 26.1. The van der Waals surface area contributed by atoms with Gasteiger partial charge in [0.25, 0.3) is 0 Å². The summed E-state index contributed by atoms with van der Waals surface area (Å²) >= 11 is 1.50. The molecule has 0 bridgehead atoms. The van der Waals surface area contributed by atoms with Crippen LogP contribution in [-0.2, 0) is 15.1 Å². The van der Waals surface area contributed by atoms with Crippen molar-refractivity contribution in [3.05, 3.63) is 52.9 Å². The highest BCUT2D eigenvalue weighted by atomic mass is 32.1. The van der Waals surface area contributed by atoms with Gasteiger partial charge in [0.1, 0.15) is 16.2 Å². The largest absolute Gasteiger partial charge is 0.460 e. The SMILES string of the molecule is Cc1cc(Nc2nccc(C(C)C)n2)cc(-c2cnc([C@]3(O)CC[C@@H](C(=O)OC(C)(C)C)CC3)s2)c1. The third kappa shape index (κ3) is 6.28. The first-order valence-corrected chi connectivity index (χ1v) is 13.4. The highest BCUT2D eigenvalue weighted by molar-refractivity contribution is 7.15. The molecule has 1 fully saturated rings. The van der Waals surface area contributed by atoms with Gasteiger partial charge in [0.15, 0.2) is 0 Å². The Bertz CT molecular complexity index is 1220. The van der Waals surface area contributed by atoms with Crippen LogP contribution >= 0.6 is 11.3 Å². The average molecular weight is 509 g/mol. The highest BCUT2D eigenvalue weighted by Gasteiger charge is 2.40. The molecule has 0 atom stereocenters. The Morgan fingerprint density at radius 1 is 1.19 bits per heavy atom. The van der Waals surface area contributed by atoms with Crippen LogP contribution in [0.1, 0.15) is 82.5 Å². The Morgan fingerprint density at radius 2 is 1.92 bits per heavy atom. The molecule has 1 aromatic carbocycles. The fourth-order valence-electron chi connectivity index (χ4n) is 4.43. The number of rotatable bonds is 6. The first-order valence-electron chi connectivity index (χ1n) is 12.6. The lowest BCUT2D eigenvalue weighted by Crippen LogP contribution is -2.36. The molecule has 2 aromatic heterocycles. The summed E-state index contributed by atoms with van der Waals surface area (Å²) in [5.74, 6) is 0.541. The van der Waals surface area contributed by atoms with Gasteiger partial charge in [0, 0.05) is 23.8 Å². The normalized spacial score (nSPS) is 20.4. The van der Waals surface area contributed by atoms with E-state index in [1.807, 2.05) is 40.0 Å². The van der Waals surface area contributed by atoms with Crippen LogP contribution in [0.4, 0.5) is 11.6 Å². The molecule has 0 unspecified atom stereocenters. The van der Waals surface area contributed by atoms with Crippen LogP contribution in [0.3, 0.4) is 0 Å². The number of anilines is 2. The van der Waals surface area contributed by atoms with Gasteiger partial charge in [-0.3, -0.25) is 4.79 Å². The minimum Gasteiger partial charge on any atom is -0.460 e. The first kappa shape index (κ1) is 26.2. The smallest absolute Gasteiger partial charge is 0.309 e. The van der Waals surface area contributed by atoms with E-state index in [1.165, 1.54) is 11.3 Å². The molecule has 2 N–H and O–H groups in total. The van der Waals surface area contributed by atoms with Crippen molar-refractivity contribution in [3.63, 3.8) is 0 Å². The van der Waals surface area contributed by atoms with Gasteiger partial charge in [0.05, 0.1) is 10.8 Å². The van der Waals surface area contributed by atoms with Gasteiger partial charge in [-0.1, -0.05) is 19.9 Å². The van der Waals surface area contributed by atoms with Gasteiger partial charge in [-0.25, -0.2) is 15.0 Å². The summed E-state index contributed by atoms with van der Waals surface area (Å²) in [4.78, 5) is 27.0. The second kappa shape index (κ2) is 10.3. The van der Waals surface area contributed by atoms with Crippen LogP contribution < -0.4 is 5.32 Å². The minimum atomic E-state index is -1.02. The van der Waals surface area contributed by atoms with Crippen molar-refractivity contribution in [1.29, 1.82) is 0 Å². The van der Waals surface area contributed by atoms with Crippen LogP contribution in [0.25, 0.3) is 10.4 Å². The van der Waals surface area contributed by atoms with Crippen molar-refractivity contribution in [2.45, 2.75) is 84.3 Å². The molecule has 192 valence electrons. The number of aryl methyl sites for hydroxylation is 1. The predicted molar refractivity (Wildman–Crippen MR) is 143 cm³/mol. The summed E-state index contributed by atoms with van der Waals surface area (Å²) in [6.45, 7) is 11.9. The van der Waals surface area contributed by atoms with E-state index < -0.39 is 11.2 Å². The van der Waals surface area contributed by atoms with Gasteiger partial charge in [-0.15, -0.1) is 11.3 Å². The summed E-state index contributed by atoms with van der Waals surface area (Å²) in [6, 6.07) is 8.15. The van der Waals surface area contributed by atoms with E-state index in [4.69, 9.17) is 4.74 Å². The maximum Gasteiger partial charge on any atom is 0.309 e. The molecule has 0 aliphatic heterocycles. The molecule has 1 aliphatic rings. The van der Waals surface area contributed by atoms with Crippen molar-refractivity contribution in [2.75, 3.05) is 5.32 Å². The van der Waals surface area contributed by atoms with Gasteiger partial charge in [0.2, 0.25) is 5.95 Å². The van der Waals surface area contributed by atoms with Crippen molar-refractivity contribution < 1.29 is 14.6 Å². The second-order valence-corrected chi connectivity index (χ2v) is 12.1. The molecular weight excluding hydrogens is 472 g/mol. The van der Waals surface area contributed by atoms with E-state index in [1.54, 1.807) is 6.20 Å². The number of hydrogen-bond donors (Lipinski definition) is 2. The van der Waals surface area contributed by atoms with Crippen LogP contribution in [0.5, 0.6) is 0 Å².